The fourth-order valence-corrected chi connectivity index (χ4v) is 3.18. The molecule has 2 heterocycles. The number of rotatable bonds is 5. The van der Waals surface area contributed by atoms with E-state index in [9.17, 15) is 13.6 Å². The van der Waals surface area contributed by atoms with E-state index in [4.69, 9.17) is 9.52 Å². The number of nitrogens with one attached hydrogen (secondary N) is 1. The number of aromatic nitrogens is 1. The minimum absolute atomic E-state index is 0.144. The molecule has 1 amide bonds. The summed E-state index contributed by atoms with van der Waals surface area (Å²) in [5.74, 6) is -2.07. The molecule has 146 valence electrons. The highest BCUT2D eigenvalue weighted by molar-refractivity contribution is 5.94. The van der Waals surface area contributed by atoms with Gasteiger partial charge in [0, 0.05) is 12.1 Å². The van der Waals surface area contributed by atoms with Gasteiger partial charge in [-0.2, -0.15) is 0 Å². The van der Waals surface area contributed by atoms with Gasteiger partial charge in [0.25, 0.3) is 5.91 Å². The van der Waals surface area contributed by atoms with Gasteiger partial charge in [-0.15, -0.1) is 0 Å². The summed E-state index contributed by atoms with van der Waals surface area (Å²) in [6.45, 7) is 6.65. The second-order valence-electron chi connectivity index (χ2n) is 6.97. The van der Waals surface area contributed by atoms with Crippen molar-refractivity contribution in [3.05, 3.63) is 46.7 Å². The monoisotopic (exact) mass is 379 g/mol. The molecule has 1 aliphatic heterocycles. The number of aromatic hydroxyl groups is 1. The number of carbonyl (C=O) groups excluding carboxylic acids is 1. The van der Waals surface area contributed by atoms with Gasteiger partial charge in [-0.05, 0) is 57.8 Å². The van der Waals surface area contributed by atoms with Crippen molar-refractivity contribution in [1.29, 1.82) is 0 Å². The van der Waals surface area contributed by atoms with E-state index in [1.54, 1.807) is 0 Å². The molecular weight excluding hydrogens is 356 g/mol. The topological polar surface area (TPSA) is 78.6 Å². The van der Waals surface area contributed by atoms with Crippen LogP contribution in [0.3, 0.4) is 0 Å². The number of halogens is 2. The lowest BCUT2D eigenvalue weighted by Gasteiger charge is -2.31. The first-order valence-corrected chi connectivity index (χ1v) is 8.95. The van der Waals surface area contributed by atoms with Gasteiger partial charge in [-0.25, -0.2) is 13.8 Å². The number of hydrogen-bond donors (Lipinski definition) is 2. The summed E-state index contributed by atoms with van der Waals surface area (Å²) in [6.07, 6.45) is 1.80. The van der Waals surface area contributed by atoms with Crippen LogP contribution in [0.4, 0.5) is 8.78 Å². The molecule has 1 fully saturated rings. The van der Waals surface area contributed by atoms with Gasteiger partial charge < -0.3 is 14.8 Å². The molecular formula is C19H23F2N3O3. The molecule has 0 unspecified atom stereocenters. The quantitative estimate of drug-likeness (QED) is 0.835. The lowest BCUT2D eigenvalue weighted by molar-refractivity contribution is 0.0932. The van der Waals surface area contributed by atoms with Crippen LogP contribution in [0, 0.1) is 31.4 Å². The highest BCUT2D eigenvalue weighted by Gasteiger charge is 2.22. The SMILES string of the molecule is Cc1nc(CN2CCC(CNC(=O)c3cc(F)c(O)c(F)c3)CC2)oc1C. The first-order chi connectivity index (χ1) is 12.8. The molecule has 1 aliphatic rings. The fraction of sp³-hybridized carbons (Fsp3) is 0.474. The largest absolute Gasteiger partial charge is 0.503 e. The van der Waals surface area contributed by atoms with E-state index >= 15 is 0 Å². The Balaban J connectivity index is 1.46. The van der Waals surface area contributed by atoms with Gasteiger partial charge >= 0.3 is 0 Å². The average molecular weight is 379 g/mol. The molecule has 2 aromatic rings. The van der Waals surface area contributed by atoms with Crippen LogP contribution >= 0.6 is 0 Å². The summed E-state index contributed by atoms with van der Waals surface area (Å²) in [5, 5.41) is 11.8. The maximum Gasteiger partial charge on any atom is 0.251 e. The van der Waals surface area contributed by atoms with Crippen LogP contribution < -0.4 is 5.32 Å². The summed E-state index contributed by atoms with van der Waals surface area (Å²) in [4.78, 5) is 18.7. The van der Waals surface area contributed by atoms with E-state index in [2.05, 4.69) is 15.2 Å². The minimum atomic E-state index is -1.15. The predicted molar refractivity (Wildman–Crippen MR) is 94.3 cm³/mol. The van der Waals surface area contributed by atoms with Gasteiger partial charge in [-0.3, -0.25) is 9.69 Å². The van der Waals surface area contributed by atoms with Crippen LogP contribution in [0.2, 0.25) is 0 Å². The van der Waals surface area contributed by atoms with E-state index in [0.29, 0.717) is 24.9 Å². The van der Waals surface area contributed by atoms with Gasteiger partial charge in [0.05, 0.1) is 12.2 Å². The Morgan fingerprint density at radius 2 is 1.93 bits per heavy atom. The van der Waals surface area contributed by atoms with Gasteiger partial charge in [0.1, 0.15) is 5.76 Å². The normalized spacial score (nSPS) is 15.9. The molecule has 27 heavy (non-hydrogen) atoms. The molecule has 3 rings (SSSR count). The molecule has 6 nitrogen and oxygen atoms in total. The molecule has 0 saturated carbocycles. The third-order valence-electron chi connectivity index (χ3n) is 4.97. The van der Waals surface area contributed by atoms with Crippen molar-refractivity contribution in [2.45, 2.75) is 33.2 Å². The van der Waals surface area contributed by atoms with E-state index in [1.165, 1.54) is 0 Å². The number of phenols is 1. The number of piperidine rings is 1. The standard InChI is InChI=1S/C19H23F2N3O3/c1-11-12(2)27-17(23-11)10-24-5-3-13(4-6-24)9-22-19(26)14-7-15(20)18(25)16(21)8-14/h7-8,13,25H,3-6,9-10H2,1-2H3,(H,22,26). The number of likely N-dealkylation sites (tertiary alicyclic amines) is 1. The maximum atomic E-state index is 13.4. The Hall–Kier alpha value is -2.48. The number of hydrogen-bond acceptors (Lipinski definition) is 5. The lowest BCUT2D eigenvalue weighted by atomic mass is 9.96. The average Bonchev–Trinajstić information content (AvgIpc) is 2.95. The van der Waals surface area contributed by atoms with Crippen molar-refractivity contribution >= 4 is 5.91 Å². The molecule has 8 heteroatoms. The molecule has 0 atom stereocenters. The second kappa shape index (κ2) is 8.04. The van der Waals surface area contributed by atoms with Crippen molar-refractivity contribution in [2.24, 2.45) is 5.92 Å². The number of carbonyl (C=O) groups is 1. The Bertz CT molecular complexity index is 787. The smallest absolute Gasteiger partial charge is 0.251 e. The highest BCUT2D eigenvalue weighted by atomic mass is 19.1. The zero-order valence-corrected chi connectivity index (χ0v) is 15.4. The maximum absolute atomic E-state index is 13.4. The van der Waals surface area contributed by atoms with Crippen LogP contribution in [0.1, 0.15) is 40.5 Å². The number of phenolic OH excluding ortho intramolecular Hbond substituents is 1. The predicted octanol–water partition coefficient (Wildman–Crippen LogP) is 2.92. The van der Waals surface area contributed by atoms with Crippen LogP contribution in [0.25, 0.3) is 0 Å². The minimum Gasteiger partial charge on any atom is -0.503 e. The number of benzene rings is 1. The molecule has 2 N–H and O–H groups in total. The summed E-state index contributed by atoms with van der Waals surface area (Å²) >= 11 is 0. The van der Waals surface area contributed by atoms with Crippen molar-refractivity contribution in [3.8, 4) is 5.75 Å². The van der Waals surface area contributed by atoms with Gasteiger partial charge in [-0.1, -0.05) is 0 Å². The van der Waals surface area contributed by atoms with Crippen molar-refractivity contribution in [2.75, 3.05) is 19.6 Å². The fourth-order valence-electron chi connectivity index (χ4n) is 3.18. The number of amides is 1. The molecule has 0 aliphatic carbocycles. The van der Waals surface area contributed by atoms with Crippen LogP contribution in [-0.4, -0.2) is 40.5 Å². The first kappa shape index (κ1) is 19.3. The summed E-state index contributed by atoms with van der Waals surface area (Å²) in [7, 11) is 0. The Morgan fingerprint density at radius 3 is 2.48 bits per heavy atom. The molecule has 1 aromatic carbocycles. The van der Waals surface area contributed by atoms with Crippen molar-refractivity contribution in [3.63, 3.8) is 0 Å². The lowest BCUT2D eigenvalue weighted by Crippen LogP contribution is -2.38. The molecule has 0 radical (unpaired) electrons. The molecule has 1 aromatic heterocycles. The van der Waals surface area contributed by atoms with E-state index in [-0.39, 0.29) is 5.56 Å². The number of nitrogens with zero attached hydrogens (tertiary/aromatic N) is 2. The summed E-state index contributed by atoms with van der Waals surface area (Å²) < 4.78 is 32.3. The third-order valence-corrected chi connectivity index (χ3v) is 4.97. The summed E-state index contributed by atoms with van der Waals surface area (Å²) in [5.41, 5.74) is 0.763. The summed E-state index contributed by atoms with van der Waals surface area (Å²) in [6, 6.07) is 1.66. The molecule has 0 spiro atoms. The van der Waals surface area contributed by atoms with Crippen molar-refractivity contribution < 1.29 is 23.1 Å². The van der Waals surface area contributed by atoms with E-state index in [1.807, 2.05) is 13.8 Å². The molecule has 1 saturated heterocycles. The van der Waals surface area contributed by atoms with E-state index in [0.717, 1.165) is 49.5 Å². The van der Waals surface area contributed by atoms with Crippen molar-refractivity contribution in [1.82, 2.24) is 15.2 Å². The number of aryl methyl sites for hydroxylation is 2. The third kappa shape index (κ3) is 4.63. The first-order valence-electron chi connectivity index (χ1n) is 8.95. The zero-order chi connectivity index (χ0) is 19.6. The zero-order valence-electron chi connectivity index (χ0n) is 15.4. The highest BCUT2D eigenvalue weighted by Crippen LogP contribution is 2.22. The van der Waals surface area contributed by atoms with Crippen LogP contribution in [0.5, 0.6) is 5.75 Å². The van der Waals surface area contributed by atoms with E-state index < -0.39 is 23.3 Å². The Kier molecular flexibility index (Phi) is 5.74. The molecule has 0 bridgehead atoms. The van der Waals surface area contributed by atoms with Crippen LogP contribution in [-0.2, 0) is 6.54 Å². The Morgan fingerprint density at radius 1 is 1.30 bits per heavy atom. The number of oxazole rings is 1. The van der Waals surface area contributed by atoms with Crippen LogP contribution in [0.15, 0.2) is 16.5 Å². The van der Waals surface area contributed by atoms with Gasteiger partial charge in [0.15, 0.2) is 17.4 Å². The Labute approximate surface area is 156 Å². The van der Waals surface area contributed by atoms with Gasteiger partial charge in [0.2, 0.25) is 5.89 Å². The second-order valence-corrected chi connectivity index (χ2v) is 6.97.